The fourth-order valence-electron chi connectivity index (χ4n) is 5.32. The van der Waals surface area contributed by atoms with Crippen LogP contribution in [0.15, 0.2) is 36.4 Å². The normalized spacial score (nSPS) is 15.6. The maximum Gasteiger partial charge on any atom is 0.471 e. The number of alkyl halides is 3. The monoisotopic (exact) mass is 633 g/mol. The van der Waals surface area contributed by atoms with Gasteiger partial charge in [0.1, 0.15) is 17.3 Å². The maximum atomic E-state index is 15.0. The molecule has 0 atom stereocenters. The summed E-state index contributed by atoms with van der Waals surface area (Å²) in [5, 5.41) is 5.71. The summed E-state index contributed by atoms with van der Waals surface area (Å²) in [4.78, 5) is 38.3. The van der Waals surface area contributed by atoms with Crippen molar-refractivity contribution in [3.8, 4) is 11.3 Å². The van der Waals surface area contributed by atoms with Gasteiger partial charge in [-0.2, -0.15) is 18.2 Å². The first-order chi connectivity index (χ1) is 21.4. The Bertz CT molecular complexity index is 1570. The van der Waals surface area contributed by atoms with Gasteiger partial charge in [-0.15, -0.1) is 0 Å². The number of fused-ring (bicyclic) bond motifs is 1. The van der Waals surface area contributed by atoms with Gasteiger partial charge in [0.15, 0.2) is 5.82 Å². The molecule has 3 heterocycles. The largest absolute Gasteiger partial charge is 0.471 e. The summed E-state index contributed by atoms with van der Waals surface area (Å²) in [5.41, 5.74) is 0.731. The van der Waals surface area contributed by atoms with E-state index in [0.29, 0.717) is 42.3 Å². The third-order valence-electron chi connectivity index (χ3n) is 7.52. The number of hydrogen-bond donors (Lipinski definition) is 2. The van der Waals surface area contributed by atoms with E-state index >= 15 is 8.78 Å². The first-order valence-corrected chi connectivity index (χ1v) is 14.3. The van der Waals surface area contributed by atoms with Crippen molar-refractivity contribution in [3.05, 3.63) is 59.2 Å². The summed E-state index contributed by atoms with van der Waals surface area (Å²) in [7, 11) is 0. The van der Waals surface area contributed by atoms with E-state index in [1.54, 1.807) is 13.0 Å². The number of morpholine rings is 1. The first kappa shape index (κ1) is 32.0. The van der Waals surface area contributed by atoms with Crippen molar-refractivity contribution in [1.82, 2.24) is 20.2 Å². The lowest BCUT2D eigenvalue weighted by Crippen LogP contribution is -2.45. The third kappa shape index (κ3) is 6.68. The highest BCUT2D eigenvalue weighted by atomic mass is 19.4. The molecule has 2 aliphatic rings. The summed E-state index contributed by atoms with van der Waals surface area (Å²) in [5.74, 6) is -4.10. The maximum absolute atomic E-state index is 15.0. The SMILES string of the molecule is Cc1ccc(N(C(=O)C(F)(F)F)C(C)C)cc1-c1nc(NCCN2CCOCC2)nc2c1CNC(=O)N2c1c(F)cccc1F. The van der Waals surface area contributed by atoms with Crippen LogP contribution in [0.1, 0.15) is 25.0 Å². The Kier molecular flexibility index (Phi) is 9.20. The Hall–Kier alpha value is -4.37. The van der Waals surface area contributed by atoms with Gasteiger partial charge in [0.25, 0.3) is 0 Å². The van der Waals surface area contributed by atoms with Gasteiger partial charge in [0.05, 0.1) is 25.5 Å². The minimum absolute atomic E-state index is 0.0287. The van der Waals surface area contributed by atoms with Crippen LogP contribution in [0.4, 0.5) is 49.9 Å². The molecule has 3 aromatic rings. The number of halogens is 5. The number of rotatable bonds is 8. The molecule has 0 saturated carbocycles. The third-order valence-corrected chi connectivity index (χ3v) is 7.52. The van der Waals surface area contributed by atoms with Crippen LogP contribution in [0.3, 0.4) is 0 Å². The molecule has 2 N–H and O–H groups in total. The number of urea groups is 1. The van der Waals surface area contributed by atoms with E-state index in [1.807, 2.05) is 0 Å². The second-order valence-electron chi connectivity index (χ2n) is 10.9. The molecule has 3 amide bonds. The van der Waals surface area contributed by atoms with Crippen LogP contribution in [0.5, 0.6) is 0 Å². The van der Waals surface area contributed by atoms with Gasteiger partial charge in [-0.3, -0.25) is 9.69 Å². The molecule has 2 aliphatic heterocycles. The van der Waals surface area contributed by atoms with Gasteiger partial charge in [-0.05, 0) is 50.6 Å². The van der Waals surface area contributed by atoms with E-state index in [1.165, 1.54) is 32.0 Å². The topological polar surface area (TPSA) is 103 Å². The zero-order valence-corrected chi connectivity index (χ0v) is 24.8. The summed E-state index contributed by atoms with van der Waals surface area (Å²) in [6.07, 6.45) is -5.12. The number of carbonyl (C=O) groups excluding carboxylic acids is 2. The molecule has 0 aliphatic carbocycles. The van der Waals surface area contributed by atoms with Crippen LogP contribution < -0.4 is 20.4 Å². The van der Waals surface area contributed by atoms with Crippen LogP contribution in [0.2, 0.25) is 0 Å². The predicted molar refractivity (Wildman–Crippen MR) is 157 cm³/mol. The Labute approximate surface area is 256 Å². The highest BCUT2D eigenvalue weighted by Crippen LogP contribution is 2.40. The molecule has 2 aromatic carbocycles. The van der Waals surface area contributed by atoms with Crippen molar-refractivity contribution in [2.75, 3.05) is 54.5 Å². The summed E-state index contributed by atoms with van der Waals surface area (Å²) in [6.45, 7) is 8.12. The highest BCUT2D eigenvalue weighted by Gasteiger charge is 2.44. The average molecular weight is 634 g/mol. The molecule has 15 heteroatoms. The summed E-state index contributed by atoms with van der Waals surface area (Å²) in [6, 6.07) is 5.87. The Morgan fingerprint density at radius 2 is 1.80 bits per heavy atom. The van der Waals surface area contributed by atoms with Crippen molar-refractivity contribution in [2.24, 2.45) is 0 Å². The second kappa shape index (κ2) is 12.9. The molecular weight excluding hydrogens is 601 g/mol. The minimum Gasteiger partial charge on any atom is -0.379 e. The number of carbonyl (C=O) groups is 2. The molecule has 1 fully saturated rings. The van der Waals surface area contributed by atoms with Gasteiger partial charge >= 0.3 is 18.1 Å². The number of hydrogen-bond acceptors (Lipinski definition) is 7. The van der Waals surface area contributed by atoms with Crippen LogP contribution in [0.25, 0.3) is 11.3 Å². The van der Waals surface area contributed by atoms with Crippen molar-refractivity contribution < 1.29 is 36.3 Å². The zero-order valence-electron chi connectivity index (χ0n) is 24.8. The second-order valence-corrected chi connectivity index (χ2v) is 10.9. The van der Waals surface area contributed by atoms with Crippen LogP contribution in [-0.4, -0.2) is 78.4 Å². The molecule has 0 unspecified atom stereocenters. The molecule has 240 valence electrons. The lowest BCUT2D eigenvalue weighted by atomic mass is 9.98. The van der Waals surface area contributed by atoms with Gasteiger partial charge in [-0.25, -0.2) is 23.5 Å². The van der Waals surface area contributed by atoms with Gasteiger partial charge < -0.3 is 20.3 Å². The van der Waals surface area contributed by atoms with Gasteiger partial charge in [-0.1, -0.05) is 12.1 Å². The van der Waals surface area contributed by atoms with E-state index in [4.69, 9.17) is 4.74 Å². The number of benzene rings is 2. The molecule has 0 spiro atoms. The van der Waals surface area contributed by atoms with Gasteiger partial charge in [0.2, 0.25) is 5.95 Å². The Morgan fingerprint density at radius 3 is 2.44 bits per heavy atom. The molecule has 10 nitrogen and oxygen atoms in total. The number of aromatic nitrogens is 2. The van der Waals surface area contributed by atoms with Crippen molar-refractivity contribution in [2.45, 2.75) is 39.5 Å². The van der Waals surface area contributed by atoms with E-state index in [9.17, 15) is 22.8 Å². The summed E-state index contributed by atoms with van der Waals surface area (Å²) >= 11 is 0. The van der Waals surface area contributed by atoms with E-state index in [-0.39, 0.29) is 35.3 Å². The fourth-order valence-corrected chi connectivity index (χ4v) is 5.32. The molecule has 45 heavy (non-hydrogen) atoms. The molecule has 1 aromatic heterocycles. The first-order valence-electron chi connectivity index (χ1n) is 14.3. The number of ether oxygens (including phenoxy) is 1. The Balaban J connectivity index is 1.65. The average Bonchev–Trinajstić information content (AvgIpc) is 2.98. The molecular formula is C30H32F5N7O3. The summed E-state index contributed by atoms with van der Waals surface area (Å²) < 4.78 is 76.1. The number of nitrogens with zero attached hydrogens (tertiary/aromatic N) is 5. The molecule has 0 radical (unpaired) electrons. The lowest BCUT2D eigenvalue weighted by molar-refractivity contribution is -0.170. The number of para-hydroxylation sites is 1. The van der Waals surface area contributed by atoms with Crippen molar-refractivity contribution >= 4 is 35.1 Å². The minimum atomic E-state index is -5.12. The van der Waals surface area contributed by atoms with Crippen molar-refractivity contribution in [1.29, 1.82) is 0 Å². The molecule has 1 saturated heterocycles. The lowest BCUT2D eigenvalue weighted by Gasteiger charge is -2.31. The fraction of sp³-hybridized carbons (Fsp3) is 0.400. The van der Waals surface area contributed by atoms with E-state index in [2.05, 4.69) is 25.5 Å². The number of anilines is 4. The van der Waals surface area contributed by atoms with Crippen molar-refractivity contribution in [3.63, 3.8) is 0 Å². The molecule has 5 rings (SSSR count). The number of amides is 3. The van der Waals surface area contributed by atoms with Gasteiger partial charge in [0, 0.05) is 49.0 Å². The Morgan fingerprint density at radius 1 is 1.11 bits per heavy atom. The smallest absolute Gasteiger partial charge is 0.379 e. The van der Waals surface area contributed by atoms with Crippen LogP contribution in [0, 0.1) is 18.6 Å². The number of aryl methyl sites for hydroxylation is 1. The van der Waals surface area contributed by atoms with E-state index < -0.39 is 41.5 Å². The van der Waals surface area contributed by atoms with Crippen LogP contribution in [-0.2, 0) is 16.1 Å². The molecule has 0 bridgehead atoms. The number of nitrogens with one attached hydrogen (secondary N) is 2. The quantitative estimate of drug-likeness (QED) is 0.332. The predicted octanol–water partition coefficient (Wildman–Crippen LogP) is 5.14. The zero-order chi connectivity index (χ0) is 32.5. The van der Waals surface area contributed by atoms with Crippen LogP contribution >= 0.6 is 0 Å². The standard InChI is InChI=1S/C30H32F5N7O3/c1-17(2)41(27(43)30(33,34)35)19-8-7-18(3)20(15-19)24-21-16-37-29(44)42(25-22(31)5-4-6-23(25)32)26(21)39-28(38-24)36-9-10-40-11-13-45-14-12-40/h4-8,15,17H,9-14,16H2,1-3H3,(H,37,44)(H,36,38,39). The van der Waals surface area contributed by atoms with E-state index in [0.717, 1.165) is 30.1 Å². The highest BCUT2D eigenvalue weighted by molar-refractivity contribution is 6.02.